The van der Waals surface area contributed by atoms with E-state index in [1.807, 2.05) is 43.3 Å². The molecule has 0 radical (unpaired) electrons. The number of hydrogen-bond donors (Lipinski definition) is 1. The number of halogens is 4. The first-order valence-corrected chi connectivity index (χ1v) is 11.9. The number of likely N-dealkylation sites (N-methyl/N-ethyl adjacent to an activating group) is 1. The Hall–Kier alpha value is -2.29. The minimum atomic E-state index is -4.41. The van der Waals surface area contributed by atoms with Crippen LogP contribution in [-0.2, 0) is 23.9 Å². The lowest BCUT2D eigenvalue weighted by molar-refractivity contribution is -0.137. The zero-order valence-electron chi connectivity index (χ0n) is 19.4. The van der Waals surface area contributed by atoms with Crippen molar-refractivity contribution in [3.8, 4) is 0 Å². The van der Waals surface area contributed by atoms with Gasteiger partial charge < -0.3 is 15.1 Å². The standard InChI is InChI=1S/C25H30ClF3N4O/c1-31(2)10-9-30-24(34)21-14-18-13-19(25(27,28)29)5-8-22(18)33-12-11-32(16-23(21)33)15-17-3-6-20(26)7-4-17/h3-8,13,21,23H,9-12,14-16H2,1-2H3,(H,30,34). The van der Waals surface area contributed by atoms with Crippen LogP contribution in [0.15, 0.2) is 42.5 Å². The smallest absolute Gasteiger partial charge is 0.365 e. The largest absolute Gasteiger partial charge is 0.416 e. The maximum Gasteiger partial charge on any atom is 0.416 e. The first kappa shape index (κ1) is 24.8. The summed E-state index contributed by atoms with van der Waals surface area (Å²) in [5, 5.41) is 3.69. The molecule has 4 rings (SSSR count). The predicted molar refractivity (Wildman–Crippen MR) is 128 cm³/mol. The topological polar surface area (TPSA) is 38.8 Å². The van der Waals surface area contributed by atoms with Gasteiger partial charge in [0, 0.05) is 50.0 Å². The molecule has 5 nitrogen and oxygen atoms in total. The summed E-state index contributed by atoms with van der Waals surface area (Å²) in [7, 11) is 3.86. The molecule has 0 aromatic heterocycles. The molecule has 2 aromatic rings. The predicted octanol–water partition coefficient (Wildman–Crippen LogP) is 3.90. The van der Waals surface area contributed by atoms with Crippen molar-refractivity contribution in [1.82, 2.24) is 15.1 Å². The number of benzene rings is 2. The first-order valence-electron chi connectivity index (χ1n) is 11.5. The molecular formula is C25H30ClF3N4O. The summed E-state index contributed by atoms with van der Waals surface area (Å²) in [5.41, 5.74) is 1.86. The molecule has 2 unspecified atom stereocenters. The molecule has 2 atom stereocenters. The van der Waals surface area contributed by atoms with E-state index in [1.54, 1.807) is 6.07 Å². The fourth-order valence-electron chi connectivity index (χ4n) is 4.88. The van der Waals surface area contributed by atoms with Crippen molar-refractivity contribution in [2.24, 2.45) is 5.92 Å². The normalized spacial score (nSPS) is 20.7. The third-order valence-corrected chi connectivity index (χ3v) is 6.89. The third-order valence-electron chi connectivity index (χ3n) is 6.64. The Morgan fingerprint density at radius 1 is 1.15 bits per heavy atom. The Balaban J connectivity index is 1.58. The fraction of sp³-hybridized carbons (Fsp3) is 0.480. The number of hydrogen-bond acceptors (Lipinski definition) is 4. The van der Waals surface area contributed by atoms with Gasteiger partial charge in [-0.15, -0.1) is 0 Å². The summed E-state index contributed by atoms with van der Waals surface area (Å²) in [4.78, 5) is 19.6. The molecule has 0 spiro atoms. The van der Waals surface area contributed by atoms with E-state index in [0.29, 0.717) is 43.2 Å². The van der Waals surface area contributed by atoms with Gasteiger partial charge in [0.15, 0.2) is 0 Å². The number of rotatable bonds is 6. The lowest BCUT2D eigenvalue weighted by Gasteiger charge is -2.49. The van der Waals surface area contributed by atoms with Gasteiger partial charge in [0.05, 0.1) is 17.5 Å². The van der Waals surface area contributed by atoms with Gasteiger partial charge in [-0.25, -0.2) is 0 Å². The summed E-state index contributed by atoms with van der Waals surface area (Å²) in [6.45, 7) is 4.00. The number of nitrogens with zero attached hydrogens (tertiary/aromatic N) is 3. The zero-order valence-corrected chi connectivity index (χ0v) is 20.2. The lowest BCUT2D eigenvalue weighted by atomic mass is 9.82. The van der Waals surface area contributed by atoms with Crippen molar-refractivity contribution in [2.75, 3.05) is 51.7 Å². The van der Waals surface area contributed by atoms with Crippen LogP contribution < -0.4 is 10.2 Å². The number of fused-ring (bicyclic) bond motifs is 3. The maximum absolute atomic E-state index is 13.4. The van der Waals surface area contributed by atoms with Crippen LogP contribution in [0.3, 0.4) is 0 Å². The van der Waals surface area contributed by atoms with Crippen molar-refractivity contribution < 1.29 is 18.0 Å². The van der Waals surface area contributed by atoms with E-state index in [4.69, 9.17) is 11.6 Å². The fourth-order valence-corrected chi connectivity index (χ4v) is 5.01. The molecule has 2 aliphatic rings. The molecule has 34 heavy (non-hydrogen) atoms. The van der Waals surface area contributed by atoms with Crippen LogP contribution in [0.5, 0.6) is 0 Å². The number of alkyl halides is 3. The van der Waals surface area contributed by atoms with Crippen molar-refractivity contribution in [3.63, 3.8) is 0 Å². The van der Waals surface area contributed by atoms with Crippen LogP contribution in [0, 0.1) is 5.92 Å². The highest BCUT2D eigenvalue weighted by Crippen LogP contribution is 2.40. The molecule has 1 saturated heterocycles. The second-order valence-electron chi connectivity index (χ2n) is 9.37. The summed E-state index contributed by atoms with van der Waals surface area (Å²) in [6.07, 6.45) is -4.12. The summed E-state index contributed by atoms with van der Waals surface area (Å²) >= 11 is 6.01. The van der Waals surface area contributed by atoms with E-state index in [1.165, 1.54) is 6.07 Å². The number of anilines is 1. The molecule has 0 saturated carbocycles. The zero-order chi connectivity index (χ0) is 24.5. The van der Waals surface area contributed by atoms with Crippen molar-refractivity contribution in [2.45, 2.75) is 25.2 Å². The Bertz CT molecular complexity index is 1010. The molecule has 2 aromatic carbocycles. The van der Waals surface area contributed by atoms with Gasteiger partial charge in [0.25, 0.3) is 0 Å². The van der Waals surface area contributed by atoms with Crippen LogP contribution in [0.25, 0.3) is 0 Å². The van der Waals surface area contributed by atoms with Gasteiger partial charge in [-0.3, -0.25) is 9.69 Å². The number of carbonyl (C=O) groups excluding carboxylic acids is 1. The quantitative estimate of drug-likeness (QED) is 0.661. The molecule has 0 aliphatic carbocycles. The van der Waals surface area contributed by atoms with Gasteiger partial charge in [-0.2, -0.15) is 13.2 Å². The molecule has 0 bridgehead atoms. The second kappa shape index (κ2) is 10.1. The number of amides is 1. The van der Waals surface area contributed by atoms with Crippen molar-refractivity contribution in [3.05, 3.63) is 64.2 Å². The van der Waals surface area contributed by atoms with Crippen LogP contribution in [-0.4, -0.2) is 68.6 Å². The highest BCUT2D eigenvalue weighted by molar-refractivity contribution is 6.30. The van der Waals surface area contributed by atoms with Gasteiger partial charge >= 0.3 is 6.18 Å². The van der Waals surface area contributed by atoms with E-state index in [9.17, 15) is 18.0 Å². The van der Waals surface area contributed by atoms with Gasteiger partial charge in [0.1, 0.15) is 0 Å². The van der Waals surface area contributed by atoms with E-state index < -0.39 is 17.7 Å². The molecule has 1 amide bonds. The van der Waals surface area contributed by atoms with Gasteiger partial charge in [-0.1, -0.05) is 23.7 Å². The van der Waals surface area contributed by atoms with E-state index in [0.717, 1.165) is 30.4 Å². The molecule has 1 fully saturated rings. The Morgan fingerprint density at radius 3 is 2.56 bits per heavy atom. The number of carbonyl (C=O) groups is 1. The van der Waals surface area contributed by atoms with Crippen molar-refractivity contribution >= 4 is 23.2 Å². The molecule has 1 N–H and O–H groups in total. The van der Waals surface area contributed by atoms with E-state index in [2.05, 4.69) is 15.1 Å². The average molecular weight is 495 g/mol. The Morgan fingerprint density at radius 2 is 1.88 bits per heavy atom. The van der Waals surface area contributed by atoms with Crippen LogP contribution in [0.4, 0.5) is 18.9 Å². The highest BCUT2D eigenvalue weighted by atomic mass is 35.5. The Labute approximate surface area is 203 Å². The minimum absolute atomic E-state index is 0.103. The van der Waals surface area contributed by atoms with Gasteiger partial charge in [-0.05, 0) is 62.0 Å². The average Bonchev–Trinajstić information content (AvgIpc) is 2.78. The molecule has 2 aliphatic heterocycles. The molecule has 9 heteroatoms. The minimum Gasteiger partial charge on any atom is -0.365 e. The SMILES string of the molecule is CN(C)CCNC(=O)C1Cc2cc(C(F)(F)F)ccc2N2CCN(Cc3ccc(Cl)cc3)CC12. The van der Waals surface area contributed by atoms with Crippen molar-refractivity contribution in [1.29, 1.82) is 0 Å². The summed E-state index contributed by atoms with van der Waals surface area (Å²) in [6, 6.07) is 11.5. The van der Waals surface area contributed by atoms with E-state index >= 15 is 0 Å². The molecule has 2 heterocycles. The Kier molecular flexibility index (Phi) is 7.40. The van der Waals surface area contributed by atoms with E-state index in [-0.39, 0.29) is 11.9 Å². The van der Waals surface area contributed by atoms with Gasteiger partial charge in [0.2, 0.25) is 5.91 Å². The van der Waals surface area contributed by atoms with Crippen LogP contribution in [0.2, 0.25) is 5.02 Å². The second-order valence-corrected chi connectivity index (χ2v) is 9.80. The van der Waals surface area contributed by atoms with Crippen LogP contribution in [0.1, 0.15) is 16.7 Å². The van der Waals surface area contributed by atoms with Crippen LogP contribution >= 0.6 is 11.6 Å². The lowest BCUT2D eigenvalue weighted by Crippen LogP contribution is -2.61. The first-order chi connectivity index (χ1) is 16.1. The molecule has 184 valence electrons. The maximum atomic E-state index is 13.4. The highest BCUT2D eigenvalue weighted by Gasteiger charge is 2.42. The number of nitrogens with one attached hydrogen (secondary N) is 1. The molecular weight excluding hydrogens is 465 g/mol. The monoisotopic (exact) mass is 494 g/mol. The number of piperazine rings is 1. The summed E-state index contributed by atoms with van der Waals surface area (Å²) < 4.78 is 40.1. The summed E-state index contributed by atoms with van der Waals surface area (Å²) in [5.74, 6) is -0.528. The third kappa shape index (κ3) is 5.67.